The molecule has 0 bridgehead atoms. The summed E-state index contributed by atoms with van der Waals surface area (Å²) in [6.07, 6.45) is 3.93. The standard InChI is InChI=1S/C15H18O4.C2H6/c1-19-14-8-6-11(13(16)7-9-15(17)18)10-4-2-3-5-12(10)14;1-2/h6,8H,2-5,7,9H2,1H3,(H,17,18);1-2H3. The zero-order valence-corrected chi connectivity index (χ0v) is 13.1. The predicted molar refractivity (Wildman–Crippen MR) is 82.2 cm³/mol. The Morgan fingerprint density at radius 3 is 2.29 bits per heavy atom. The molecule has 0 fully saturated rings. The maximum absolute atomic E-state index is 12.1. The first-order valence-electron chi connectivity index (χ1n) is 7.57. The van der Waals surface area contributed by atoms with Crippen LogP contribution in [0.15, 0.2) is 12.1 Å². The lowest BCUT2D eigenvalue weighted by molar-refractivity contribution is -0.136. The number of carbonyl (C=O) groups is 2. The van der Waals surface area contributed by atoms with E-state index >= 15 is 0 Å². The van der Waals surface area contributed by atoms with E-state index in [1.807, 2.05) is 19.9 Å². The van der Waals surface area contributed by atoms with Crippen LogP contribution in [0.5, 0.6) is 5.75 Å². The SMILES string of the molecule is CC.COc1ccc(C(=O)CCC(=O)O)c2c1CCCC2. The second kappa shape index (κ2) is 8.45. The molecule has 1 aliphatic carbocycles. The van der Waals surface area contributed by atoms with Gasteiger partial charge in [-0.3, -0.25) is 9.59 Å². The number of benzene rings is 1. The van der Waals surface area contributed by atoms with Crippen molar-refractivity contribution < 1.29 is 19.4 Å². The van der Waals surface area contributed by atoms with Gasteiger partial charge in [-0.15, -0.1) is 0 Å². The average molecular weight is 292 g/mol. The van der Waals surface area contributed by atoms with E-state index in [1.165, 1.54) is 0 Å². The summed E-state index contributed by atoms with van der Waals surface area (Å²) >= 11 is 0. The van der Waals surface area contributed by atoms with Gasteiger partial charge in [0.05, 0.1) is 13.5 Å². The van der Waals surface area contributed by atoms with Crippen LogP contribution < -0.4 is 4.74 Å². The molecule has 1 aromatic rings. The van der Waals surface area contributed by atoms with Crippen LogP contribution in [-0.4, -0.2) is 24.0 Å². The number of Topliss-reactive ketones (excluding diaryl/α,β-unsaturated/α-hetero) is 1. The number of carbonyl (C=O) groups excluding carboxylic acids is 1. The lowest BCUT2D eigenvalue weighted by Gasteiger charge is -2.21. The van der Waals surface area contributed by atoms with Gasteiger partial charge in [-0.1, -0.05) is 13.8 Å². The number of carboxylic acids is 1. The van der Waals surface area contributed by atoms with E-state index in [0.29, 0.717) is 5.56 Å². The molecule has 1 aromatic carbocycles. The molecule has 21 heavy (non-hydrogen) atoms. The largest absolute Gasteiger partial charge is 0.496 e. The molecule has 1 aliphatic rings. The minimum atomic E-state index is -0.935. The highest BCUT2D eigenvalue weighted by Crippen LogP contribution is 2.32. The topological polar surface area (TPSA) is 63.6 Å². The molecule has 0 aliphatic heterocycles. The summed E-state index contributed by atoms with van der Waals surface area (Å²) in [6, 6.07) is 3.59. The fourth-order valence-corrected chi connectivity index (χ4v) is 2.64. The van der Waals surface area contributed by atoms with Gasteiger partial charge in [0.15, 0.2) is 5.78 Å². The summed E-state index contributed by atoms with van der Waals surface area (Å²) in [5, 5.41) is 8.66. The smallest absolute Gasteiger partial charge is 0.303 e. The van der Waals surface area contributed by atoms with Gasteiger partial charge in [-0.25, -0.2) is 0 Å². The van der Waals surface area contributed by atoms with Crippen molar-refractivity contribution in [3.63, 3.8) is 0 Å². The molecule has 0 atom stereocenters. The van der Waals surface area contributed by atoms with Gasteiger partial charge in [0.1, 0.15) is 5.75 Å². The number of hydrogen-bond acceptors (Lipinski definition) is 3. The molecule has 0 heterocycles. The van der Waals surface area contributed by atoms with Gasteiger partial charge in [0.2, 0.25) is 0 Å². The predicted octanol–water partition coefficient (Wildman–Crippen LogP) is 3.65. The normalized spacial score (nSPS) is 12.7. The summed E-state index contributed by atoms with van der Waals surface area (Å²) < 4.78 is 5.34. The Kier molecular flexibility index (Phi) is 6.92. The molecule has 4 heteroatoms. The first-order chi connectivity index (χ1) is 10.1. The van der Waals surface area contributed by atoms with Gasteiger partial charge >= 0.3 is 5.97 Å². The van der Waals surface area contributed by atoms with Gasteiger partial charge in [-0.2, -0.15) is 0 Å². The molecule has 0 aromatic heterocycles. The quantitative estimate of drug-likeness (QED) is 0.841. The lowest BCUT2D eigenvalue weighted by Crippen LogP contribution is -2.13. The van der Waals surface area contributed by atoms with Crippen LogP contribution in [0.2, 0.25) is 0 Å². The van der Waals surface area contributed by atoms with Crippen molar-refractivity contribution in [3.05, 3.63) is 28.8 Å². The molecule has 0 unspecified atom stereocenters. The zero-order chi connectivity index (χ0) is 15.8. The summed E-state index contributed by atoms with van der Waals surface area (Å²) in [6.45, 7) is 4.00. The first kappa shape index (κ1) is 17.2. The molecule has 2 rings (SSSR count). The Hall–Kier alpha value is -1.84. The van der Waals surface area contributed by atoms with E-state index in [9.17, 15) is 9.59 Å². The number of hydrogen-bond donors (Lipinski definition) is 1. The number of rotatable bonds is 5. The number of methoxy groups -OCH3 is 1. The van der Waals surface area contributed by atoms with Crippen molar-refractivity contribution in [1.29, 1.82) is 0 Å². The molecule has 4 nitrogen and oxygen atoms in total. The average Bonchev–Trinajstić information content (AvgIpc) is 2.53. The Morgan fingerprint density at radius 1 is 1.10 bits per heavy atom. The third kappa shape index (κ3) is 4.31. The molecule has 0 saturated carbocycles. The fourth-order valence-electron chi connectivity index (χ4n) is 2.64. The van der Waals surface area contributed by atoms with Gasteiger partial charge in [-0.05, 0) is 48.9 Å². The van der Waals surface area contributed by atoms with Gasteiger partial charge < -0.3 is 9.84 Å². The number of aliphatic carboxylic acids is 1. The number of ether oxygens (including phenoxy) is 1. The van der Waals surface area contributed by atoms with Crippen molar-refractivity contribution in [1.82, 2.24) is 0 Å². The number of ketones is 1. The summed E-state index contributed by atoms with van der Waals surface area (Å²) in [5.74, 6) is -0.177. The van der Waals surface area contributed by atoms with E-state index in [0.717, 1.165) is 42.6 Å². The third-order valence-electron chi connectivity index (χ3n) is 3.58. The Morgan fingerprint density at radius 2 is 1.71 bits per heavy atom. The van der Waals surface area contributed by atoms with Crippen LogP contribution in [0, 0.1) is 0 Å². The molecule has 1 N–H and O–H groups in total. The van der Waals surface area contributed by atoms with Crippen LogP contribution in [0.4, 0.5) is 0 Å². The highest BCUT2D eigenvalue weighted by atomic mass is 16.5. The van der Waals surface area contributed by atoms with Crippen LogP contribution in [-0.2, 0) is 17.6 Å². The minimum absolute atomic E-state index is 0.0636. The Labute approximate surface area is 126 Å². The first-order valence-corrected chi connectivity index (χ1v) is 7.57. The summed E-state index contributed by atoms with van der Waals surface area (Å²) in [4.78, 5) is 22.7. The van der Waals surface area contributed by atoms with Crippen molar-refractivity contribution in [3.8, 4) is 5.75 Å². The van der Waals surface area contributed by atoms with Crippen molar-refractivity contribution in [2.45, 2.75) is 52.4 Å². The van der Waals surface area contributed by atoms with Crippen molar-refractivity contribution >= 4 is 11.8 Å². The summed E-state index contributed by atoms with van der Waals surface area (Å²) in [7, 11) is 1.64. The van der Waals surface area contributed by atoms with E-state index in [1.54, 1.807) is 13.2 Å². The molecule has 0 saturated heterocycles. The zero-order valence-electron chi connectivity index (χ0n) is 13.1. The van der Waals surface area contributed by atoms with Gasteiger partial charge in [0.25, 0.3) is 0 Å². The molecule has 0 spiro atoms. The number of carboxylic acid groups (broad SMARTS) is 1. The van der Waals surface area contributed by atoms with Crippen molar-refractivity contribution in [2.24, 2.45) is 0 Å². The molecular formula is C17H24O4. The minimum Gasteiger partial charge on any atom is -0.496 e. The maximum Gasteiger partial charge on any atom is 0.303 e. The monoisotopic (exact) mass is 292 g/mol. The fraction of sp³-hybridized carbons (Fsp3) is 0.529. The number of fused-ring (bicyclic) bond motifs is 1. The van der Waals surface area contributed by atoms with Crippen LogP contribution in [0.25, 0.3) is 0 Å². The lowest BCUT2D eigenvalue weighted by atomic mass is 9.85. The van der Waals surface area contributed by atoms with Crippen LogP contribution in [0.3, 0.4) is 0 Å². The Bertz CT molecular complexity index is 506. The molecular weight excluding hydrogens is 268 g/mol. The second-order valence-corrected chi connectivity index (χ2v) is 4.80. The van der Waals surface area contributed by atoms with E-state index in [2.05, 4.69) is 0 Å². The molecule has 0 radical (unpaired) electrons. The molecule has 0 amide bonds. The second-order valence-electron chi connectivity index (χ2n) is 4.80. The Balaban J connectivity index is 0.00000106. The van der Waals surface area contributed by atoms with Crippen LogP contribution in [0.1, 0.15) is 61.0 Å². The van der Waals surface area contributed by atoms with E-state index < -0.39 is 5.97 Å². The third-order valence-corrected chi connectivity index (χ3v) is 3.58. The van der Waals surface area contributed by atoms with E-state index in [4.69, 9.17) is 9.84 Å². The van der Waals surface area contributed by atoms with Crippen molar-refractivity contribution in [2.75, 3.05) is 7.11 Å². The molecule has 116 valence electrons. The summed E-state index contributed by atoms with van der Waals surface area (Å²) in [5.41, 5.74) is 2.85. The van der Waals surface area contributed by atoms with E-state index in [-0.39, 0.29) is 18.6 Å². The maximum atomic E-state index is 12.1. The highest BCUT2D eigenvalue weighted by molar-refractivity contribution is 5.99. The van der Waals surface area contributed by atoms with Crippen LogP contribution >= 0.6 is 0 Å². The highest BCUT2D eigenvalue weighted by Gasteiger charge is 2.21. The van der Waals surface area contributed by atoms with Gasteiger partial charge in [0, 0.05) is 12.0 Å².